The van der Waals surface area contributed by atoms with Crippen LogP contribution in [0.2, 0.25) is 0 Å². The molecule has 1 N–H and O–H groups in total. The van der Waals surface area contributed by atoms with Crippen LogP contribution in [0.1, 0.15) is 15.9 Å². The molecule has 1 aromatic carbocycles. The number of hydrogen-bond acceptors (Lipinski definition) is 3. The third kappa shape index (κ3) is 2.59. The van der Waals surface area contributed by atoms with Crippen LogP contribution >= 0.6 is 0 Å². The van der Waals surface area contributed by atoms with Crippen molar-refractivity contribution in [2.75, 3.05) is 0 Å². The fraction of sp³-hybridized carbons (Fsp3) is 0.0833. The monoisotopic (exact) mass is 264 g/mol. The molecule has 6 nitrogen and oxygen atoms in total. The molecule has 98 valence electrons. The Hall–Kier alpha value is -2.70. The Morgan fingerprint density at radius 2 is 2.16 bits per heavy atom. The molecule has 0 aliphatic rings. The van der Waals surface area contributed by atoms with Gasteiger partial charge in [0.1, 0.15) is 0 Å². The first-order valence-electron chi connectivity index (χ1n) is 5.30. The highest BCUT2D eigenvalue weighted by molar-refractivity contribution is 5.87. The van der Waals surface area contributed by atoms with E-state index in [9.17, 15) is 19.3 Å². The molecule has 0 saturated carbocycles. The first-order chi connectivity index (χ1) is 8.99. The smallest absolute Gasteiger partial charge is 0.337 e. The summed E-state index contributed by atoms with van der Waals surface area (Å²) >= 11 is 0. The standard InChI is InChI=1S/C12H9FN2O4/c13-11-8(2-1-3-10(11)15(18)19)6-14-5-4-9(7-14)12(16)17/h1-5,7H,6H2,(H,16,17). The van der Waals surface area contributed by atoms with Crippen LogP contribution in [-0.2, 0) is 6.54 Å². The van der Waals surface area contributed by atoms with E-state index in [-0.39, 0.29) is 17.7 Å². The van der Waals surface area contributed by atoms with Gasteiger partial charge in [0.05, 0.1) is 17.0 Å². The summed E-state index contributed by atoms with van der Waals surface area (Å²) in [6.07, 6.45) is 2.81. The average molecular weight is 264 g/mol. The Morgan fingerprint density at radius 3 is 2.74 bits per heavy atom. The second-order valence-corrected chi connectivity index (χ2v) is 3.89. The van der Waals surface area contributed by atoms with Crippen molar-refractivity contribution in [1.29, 1.82) is 0 Å². The number of nitrogens with zero attached hydrogens (tertiary/aromatic N) is 2. The second kappa shape index (κ2) is 4.89. The minimum Gasteiger partial charge on any atom is -0.478 e. The van der Waals surface area contributed by atoms with Crippen LogP contribution in [0.4, 0.5) is 10.1 Å². The summed E-state index contributed by atoms with van der Waals surface area (Å²) in [5.74, 6) is -1.99. The van der Waals surface area contributed by atoms with Crippen molar-refractivity contribution in [3.05, 3.63) is 63.7 Å². The number of carboxylic acid groups (broad SMARTS) is 1. The van der Waals surface area contributed by atoms with Crippen LogP contribution < -0.4 is 0 Å². The summed E-state index contributed by atoms with van der Waals surface area (Å²) in [6.45, 7) is 0.0286. The molecule has 0 unspecified atom stereocenters. The minimum atomic E-state index is -1.08. The van der Waals surface area contributed by atoms with E-state index in [2.05, 4.69) is 0 Å². The molecule has 0 saturated heterocycles. The molecule has 2 aromatic rings. The maximum atomic E-state index is 13.8. The highest BCUT2D eigenvalue weighted by Crippen LogP contribution is 2.21. The van der Waals surface area contributed by atoms with Gasteiger partial charge in [-0.15, -0.1) is 0 Å². The second-order valence-electron chi connectivity index (χ2n) is 3.89. The molecule has 1 heterocycles. The number of rotatable bonds is 4. The normalized spacial score (nSPS) is 10.4. The Balaban J connectivity index is 2.30. The number of carbonyl (C=O) groups is 1. The molecule has 0 spiro atoms. The van der Waals surface area contributed by atoms with Gasteiger partial charge in [-0.25, -0.2) is 4.79 Å². The molecule has 0 fully saturated rings. The predicted molar refractivity (Wildman–Crippen MR) is 63.5 cm³/mol. The fourth-order valence-corrected chi connectivity index (χ4v) is 1.69. The highest BCUT2D eigenvalue weighted by Gasteiger charge is 2.17. The van der Waals surface area contributed by atoms with Crippen LogP contribution in [0.3, 0.4) is 0 Å². The molecule has 0 amide bonds. The zero-order chi connectivity index (χ0) is 14.0. The Kier molecular flexibility index (Phi) is 3.28. The fourth-order valence-electron chi connectivity index (χ4n) is 1.69. The van der Waals surface area contributed by atoms with Gasteiger partial charge < -0.3 is 9.67 Å². The molecular weight excluding hydrogens is 255 g/mol. The minimum absolute atomic E-state index is 0.0286. The van der Waals surface area contributed by atoms with Gasteiger partial charge in [0, 0.05) is 24.0 Å². The van der Waals surface area contributed by atoms with E-state index in [4.69, 9.17) is 5.11 Å². The zero-order valence-corrected chi connectivity index (χ0v) is 9.62. The lowest BCUT2D eigenvalue weighted by atomic mass is 10.2. The van der Waals surface area contributed by atoms with Gasteiger partial charge in [0.25, 0.3) is 0 Å². The topological polar surface area (TPSA) is 85.4 Å². The number of nitro benzene ring substituents is 1. The number of carboxylic acids is 1. The Bertz CT molecular complexity index is 651. The van der Waals surface area contributed by atoms with Crippen molar-refractivity contribution in [2.24, 2.45) is 0 Å². The molecule has 0 aliphatic carbocycles. The maximum absolute atomic E-state index is 13.8. The number of nitro groups is 1. The van der Waals surface area contributed by atoms with Crippen molar-refractivity contribution in [3.63, 3.8) is 0 Å². The summed E-state index contributed by atoms with van der Waals surface area (Å²) in [4.78, 5) is 20.5. The largest absolute Gasteiger partial charge is 0.478 e. The van der Waals surface area contributed by atoms with E-state index in [1.165, 1.54) is 35.2 Å². The molecule has 7 heteroatoms. The summed E-state index contributed by atoms with van der Waals surface area (Å²) in [7, 11) is 0. The van der Waals surface area contributed by atoms with Gasteiger partial charge in [-0.1, -0.05) is 12.1 Å². The van der Waals surface area contributed by atoms with E-state index >= 15 is 0 Å². The molecule has 0 atom stereocenters. The lowest BCUT2D eigenvalue weighted by Gasteiger charge is -2.04. The van der Waals surface area contributed by atoms with Gasteiger partial charge in [0.2, 0.25) is 5.82 Å². The van der Waals surface area contributed by atoms with Crippen molar-refractivity contribution in [3.8, 4) is 0 Å². The zero-order valence-electron chi connectivity index (χ0n) is 9.62. The molecule has 0 radical (unpaired) electrons. The lowest BCUT2D eigenvalue weighted by Crippen LogP contribution is -2.03. The van der Waals surface area contributed by atoms with Gasteiger partial charge in [-0.05, 0) is 6.07 Å². The van der Waals surface area contributed by atoms with E-state index in [1.54, 1.807) is 0 Å². The van der Waals surface area contributed by atoms with Crippen LogP contribution in [0, 0.1) is 15.9 Å². The van der Waals surface area contributed by atoms with Crippen molar-refractivity contribution >= 4 is 11.7 Å². The Labute approximate surface area is 106 Å². The molecule has 2 rings (SSSR count). The SMILES string of the molecule is O=C(O)c1ccn(Cc2cccc([N+](=O)[O-])c2F)c1. The van der Waals surface area contributed by atoms with Gasteiger partial charge in [-0.2, -0.15) is 4.39 Å². The van der Waals surface area contributed by atoms with E-state index in [1.807, 2.05) is 0 Å². The Morgan fingerprint density at radius 1 is 1.42 bits per heavy atom. The summed E-state index contributed by atoms with van der Waals surface area (Å²) in [6, 6.07) is 5.26. The molecule has 0 aliphatic heterocycles. The van der Waals surface area contributed by atoms with Crippen LogP contribution in [0.5, 0.6) is 0 Å². The summed E-state index contributed by atoms with van der Waals surface area (Å²) < 4.78 is 15.3. The van der Waals surface area contributed by atoms with Gasteiger partial charge in [-0.3, -0.25) is 10.1 Å². The lowest BCUT2D eigenvalue weighted by molar-refractivity contribution is -0.387. The molecule has 1 aromatic heterocycles. The van der Waals surface area contributed by atoms with Gasteiger partial charge >= 0.3 is 11.7 Å². The quantitative estimate of drug-likeness (QED) is 0.678. The number of halogens is 1. The van der Waals surface area contributed by atoms with E-state index < -0.39 is 22.4 Å². The molecule has 0 bridgehead atoms. The number of aromatic carboxylic acids is 1. The first kappa shape index (κ1) is 12.7. The van der Waals surface area contributed by atoms with Crippen molar-refractivity contribution in [2.45, 2.75) is 6.54 Å². The predicted octanol–water partition coefficient (Wildman–Crippen LogP) is 2.28. The molecule has 19 heavy (non-hydrogen) atoms. The van der Waals surface area contributed by atoms with Crippen molar-refractivity contribution < 1.29 is 19.2 Å². The third-order valence-electron chi connectivity index (χ3n) is 2.61. The summed E-state index contributed by atoms with van der Waals surface area (Å²) in [5, 5.41) is 19.4. The number of aromatic nitrogens is 1. The molecular formula is C12H9FN2O4. The van der Waals surface area contributed by atoms with Crippen LogP contribution in [0.15, 0.2) is 36.7 Å². The van der Waals surface area contributed by atoms with Crippen molar-refractivity contribution in [1.82, 2.24) is 4.57 Å². The number of hydrogen-bond donors (Lipinski definition) is 1. The van der Waals surface area contributed by atoms with Gasteiger partial charge in [0.15, 0.2) is 0 Å². The number of benzene rings is 1. The maximum Gasteiger partial charge on any atom is 0.337 e. The average Bonchev–Trinajstić information content (AvgIpc) is 2.80. The third-order valence-corrected chi connectivity index (χ3v) is 2.61. The van der Waals surface area contributed by atoms with E-state index in [0.717, 1.165) is 6.07 Å². The van der Waals surface area contributed by atoms with Crippen LogP contribution in [-0.4, -0.2) is 20.6 Å². The first-order valence-corrected chi connectivity index (χ1v) is 5.30. The highest BCUT2D eigenvalue weighted by atomic mass is 19.1. The van der Waals surface area contributed by atoms with Crippen LogP contribution in [0.25, 0.3) is 0 Å². The van der Waals surface area contributed by atoms with E-state index in [0.29, 0.717) is 0 Å². The summed E-state index contributed by atoms with van der Waals surface area (Å²) in [5.41, 5.74) is -0.393.